The number of benzene rings is 1. The Bertz CT molecular complexity index is 492. The van der Waals surface area contributed by atoms with Crippen LogP contribution in [0.2, 0.25) is 0 Å². The topological polar surface area (TPSA) is 71.0 Å². The van der Waals surface area contributed by atoms with Crippen molar-refractivity contribution in [2.24, 2.45) is 0 Å². The number of hydrogen-bond donors (Lipinski definition) is 2. The number of hydroxylamine groups is 1. The van der Waals surface area contributed by atoms with Gasteiger partial charge in [0.2, 0.25) is 0 Å². The number of amides is 1. The number of rotatable bonds is 4. The van der Waals surface area contributed by atoms with Gasteiger partial charge in [0.1, 0.15) is 12.2 Å². The molecule has 2 N–H and O–H groups in total. The Kier molecular flexibility index (Phi) is 4.51. The highest BCUT2D eigenvalue weighted by Gasteiger charge is 2.53. The van der Waals surface area contributed by atoms with Crippen molar-refractivity contribution in [2.45, 2.75) is 31.6 Å². The third kappa shape index (κ3) is 3.34. The molecule has 1 aromatic carbocycles. The molecule has 0 aromatic heterocycles. The van der Waals surface area contributed by atoms with Crippen LogP contribution < -0.4 is 5.48 Å². The Hall–Kier alpha value is -1.63. The zero-order valence-corrected chi connectivity index (χ0v) is 12.6. The number of ether oxygens (including phenoxy) is 1. The molecule has 1 aliphatic rings. The molecule has 116 valence electrons. The summed E-state index contributed by atoms with van der Waals surface area (Å²) in [5.74, 6) is 0. The van der Waals surface area contributed by atoms with Crippen LogP contribution in [0, 0.1) is 0 Å². The number of hydrogen-bond acceptors (Lipinski definition) is 5. The molecule has 0 spiro atoms. The van der Waals surface area contributed by atoms with Crippen molar-refractivity contribution in [1.82, 2.24) is 10.4 Å². The van der Waals surface area contributed by atoms with Crippen LogP contribution in [-0.4, -0.2) is 47.4 Å². The molecular weight excluding hydrogens is 272 g/mol. The highest BCUT2D eigenvalue weighted by molar-refractivity contribution is 5.68. The molecule has 6 nitrogen and oxygen atoms in total. The molecule has 0 bridgehead atoms. The standard InChI is InChI=1S/C15H22N2O4/c1-14(16-20-3)10-17(11-15(14,2)19)13(18)21-9-12-7-5-4-6-8-12/h4-8,16,19H,9-11H2,1-3H3/t14-,15+/m1/s1. The van der Waals surface area contributed by atoms with Gasteiger partial charge in [0.05, 0.1) is 19.2 Å². The van der Waals surface area contributed by atoms with Crippen LogP contribution in [0.1, 0.15) is 19.4 Å². The summed E-state index contributed by atoms with van der Waals surface area (Å²) >= 11 is 0. The average molecular weight is 294 g/mol. The van der Waals surface area contributed by atoms with Crippen LogP contribution in [0.4, 0.5) is 4.79 Å². The fourth-order valence-corrected chi connectivity index (χ4v) is 2.46. The maximum Gasteiger partial charge on any atom is 0.410 e. The smallest absolute Gasteiger partial charge is 0.410 e. The van der Waals surface area contributed by atoms with Gasteiger partial charge in [0.15, 0.2) is 0 Å². The maximum absolute atomic E-state index is 12.1. The van der Waals surface area contributed by atoms with E-state index in [4.69, 9.17) is 9.57 Å². The Labute approximate surface area is 124 Å². The van der Waals surface area contributed by atoms with Crippen LogP contribution in [0.15, 0.2) is 30.3 Å². The number of nitrogens with zero attached hydrogens (tertiary/aromatic N) is 1. The summed E-state index contributed by atoms with van der Waals surface area (Å²) in [7, 11) is 1.48. The van der Waals surface area contributed by atoms with Crippen molar-refractivity contribution in [3.63, 3.8) is 0 Å². The minimum Gasteiger partial charge on any atom is -0.445 e. The van der Waals surface area contributed by atoms with Gasteiger partial charge in [-0.15, -0.1) is 0 Å². The van der Waals surface area contributed by atoms with Crippen molar-refractivity contribution < 1.29 is 19.5 Å². The van der Waals surface area contributed by atoms with Gasteiger partial charge in [0.25, 0.3) is 0 Å². The third-order valence-electron chi connectivity index (χ3n) is 3.99. The van der Waals surface area contributed by atoms with Gasteiger partial charge in [-0.05, 0) is 19.4 Å². The van der Waals surface area contributed by atoms with Crippen LogP contribution in [0.5, 0.6) is 0 Å². The Morgan fingerprint density at radius 3 is 2.62 bits per heavy atom. The molecule has 0 radical (unpaired) electrons. The molecule has 21 heavy (non-hydrogen) atoms. The molecule has 1 fully saturated rings. The van der Waals surface area contributed by atoms with E-state index in [1.807, 2.05) is 30.3 Å². The summed E-state index contributed by atoms with van der Waals surface area (Å²) in [5, 5.41) is 10.5. The molecule has 2 rings (SSSR count). The molecule has 1 heterocycles. The predicted molar refractivity (Wildman–Crippen MR) is 77.4 cm³/mol. The van der Waals surface area contributed by atoms with Gasteiger partial charge < -0.3 is 19.6 Å². The predicted octanol–water partition coefficient (Wildman–Crippen LogP) is 1.30. The monoisotopic (exact) mass is 294 g/mol. The van der Waals surface area contributed by atoms with Gasteiger partial charge in [-0.1, -0.05) is 30.3 Å². The largest absolute Gasteiger partial charge is 0.445 e. The molecule has 0 unspecified atom stereocenters. The second kappa shape index (κ2) is 6.01. The van der Waals surface area contributed by atoms with E-state index in [9.17, 15) is 9.90 Å². The Balaban J connectivity index is 1.95. The maximum atomic E-state index is 12.1. The van der Waals surface area contributed by atoms with Gasteiger partial charge in [-0.3, -0.25) is 0 Å². The Morgan fingerprint density at radius 1 is 1.33 bits per heavy atom. The lowest BCUT2D eigenvalue weighted by Crippen LogP contribution is -2.58. The van der Waals surface area contributed by atoms with E-state index < -0.39 is 17.2 Å². The number of nitrogens with one attached hydrogen (secondary N) is 1. The summed E-state index contributed by atoms with van der Waals surface area (Å²) in [5.41, 5.74) is 1.85. The zero-order chi connectivity index (χ0) is 15.5. The number of likely N-dealkylation sites (tertiary alicyclic amines) is 1. The first-order valence-electron chi connectivity index (χ1n) is 6.86. The van der Waals surface area contributed by atoms with E-state index in [1.54, 1.807) is 13.8 Å². The second-order valence-corrected chi connectivity index (χ2v) is 5.81. The SMILES string of the molecule is CON[C@]1(C)CN(C(=O)OCc2ccccc2)C[C@]1(C)O. The van der Waals surface area contributed by atoms with Crippen LogP contribution in [0.3, 0.4) is 0 Å². The van der Waals surface area contributed by atoms with Gasteiger partial charge in [-0.25, -0.2) is 4.79 Å². The van der Waals surface area contributed by atoms with Gasteiger partial charge in [0, 0.05) is 6.54 Å². The zero-order valence-electron chi connectivity index (χ0n) is 12.6. The average Bonchev–Trinajstić information content (AvgIpc) is 2.68. The van der Waals surface area contributed by atoms with Crippen LogP contribution in [0.25, 0.3) is 0 Å². The lowest BCUT2D eigenvalue weighted by molar-refractivity contribution is -0.0708. The van der Waals surface area contributed by atoms with Crippen molar-refractivity contribution in [2.75, 3.05) is 20.2 Å². The van der Waals surface area contributed by atoms with E-state index in [2.05, 4.69) is 5.48 Å². The third-order valence-corrected chi connectivity index (χ3v) is 3.99. The normalized spacial score (nSPS) is 28.7. The minimum absolute atomic E-state index is 0.188. The van der Waals surface area contributed by atoms with Gasteiger partial charge >= 0.3 is 6.09 Å². The summed E-state index contributed by atoms with van der Waals surface area (Å²) in [6, 6.07) is 9.48. The lowest BCUT2D eigenvalue weighted by Gasteiger charge is -2.34. The summed E-state index contributed by atoms with van der Waals surface area (Å²) in [6.07, 6.45) is -0.444. The summed E-state index contributed by atoms with van der Waals surface area (Å²) < 4.78 is 5.28. The van der Waals surface area contributed by atoms with Crippen molar-refractivity contribution in [1.29, 1.82) is 0 Å². The fourth-order valence-electron chi connectivity index (χ4n) is 2.46. The number of carbonyl (C=O) groups is 1. The van der Waals surface area contributed by atoms with Crippen LogP contribution in [-0.2, 0) is 16.2 Å². The Morgan fingerprint density at radius 2 is 2.00 bits per heavy atom. The first kappa shape index (κ1) is 15.8. The highest BCUT2D eigenvalue weighted by atomic mass is 16.6. The number of β-amino-alcohol motifs (C(OH)–C–C–N with tert-alkyl or cyclic N) is 1. The summed E-state index contributed by atoms with van der Waals surface area (Å²) in [6.45, 7) is 4.19. The van der Waals surface area contributed by atoms with Crippen molar-refractivity contribution in [3.05, 3.63) is 35.9 Å². The molecule has 0 saturated carbocycles. The van der Waals surface area contributed by atoms with Crippen molar-refractivity contribution >= 4 is 6.09 Å². The molecule has 2 atom stereocenters. The molecule has 1 amide bonds. The summed E-state index contributed by atoms with van der Waals surface area (Å²) in [4.78, 5) is 18.5. The van der Waals surface area contributed by atoms with Crippen molar-refractivity contribution in [3.8, 4) is 0 Å². The van der Waals surface area contributed by atoms with E-state index in [0.717, 1.165) is 5.56 Å². The lowest BCUT2D eigenvalue weighted by atomic mass is 9.87. The fraction of sp³-hybridized carbons (Fsp3) is 0.533. The van der Waals surface area contributed by atoms with E-state index in [-0.39, 0.29) is 13.2 Å². The minimum atomic E-state index is -1.10. The van der Waals surface area contributed by atoms with E-state index in [1.165, 1.54) is 12.0 Å². The number of carbonyl (C=O) groups excluding carboxylic acids is 1. The molecule has 1 aliphatic heterocycles. The van der Waals surface area contributed by atoms with Crippen LogP contribution >= 0.6 is 0 Å². The van der Waals surface area contributed by atoms with Gasteiger partial charge in [-0.2, -0.15) is 5.48 Å². The molecule has 1 aromatic rings. The first-order valence-corrected chi connectivity index (χ1v) is 6.86. The molecule has 0 aliphatic carbocycles. The molecule has 1 saturated heterocycles. The number of aliphatic hydroxyl groups is 1. The second-order valence-electron chi connectivity index (χ2n) is 5.81. The molecule has 6 heteroatoms. The first-order chi connectivity index (χ1) is 9.88. The highest BCUT2D eigenvalue weighted by Crippen LogP contribution is 2.31. The molecular formula is C15H22N2O4. The quantitative estimate of drug-likeness (QED) is 0.819. The van der Waals surface area contributed by atoms with E-state index in [0.29, 0.717) is 6.54 Å². The van der Waals surface area contributed by atoms with E-state index >= 15 is 0 Å².